The van der Waals surface area contributed by atoms with Crippen LogP contribution in [0.15, 0.2) is 95.0 Å². The maximum atomic E-state index is 14.3. The van der Waals surface area contributed by atoms with Gasteiger partial charge >= 0.3 is 0 Å². The molecule has 0 fully saturated rings. The van der Waals surface area contributed by atoms with Crippen molar-refractivity contribution in [3.63, 3.8) is 0 Å². The normalized spacial score (nSPS) is 13.7. The van der Waals surface area contributed by atoms with E-state index in [1.165, 1.54) is 0 Å². The molecule has 1 amide bonds. The zero-order chi connectivity index (χ0) is 29.9. The first kappa shape index (κ1) is 28.1. The summed E-state index contributed by atoms with van der Waals surface area (Å²) in [6.45, 7) is 3.94. The number of amides is 1. The molecule has 9 heteroatoms. The van der Waals surface area contributed by atoms with Gasteiger partial charge in [-0.1, -0.05) is 55.8 Å². The Hall–Kier alpha value is -5.02. The summed E-state index contributed by atoms with van der Waals surface area (Å²) in [7, 11) is 0. The Bertz CT molecular complexity index is 1870. The molecule has 2 aromatic heterocycles. The van der Waals surface area contributed by atoms with E-state index in [1.54, 1.807) is 29.8 Å². The van der Waals surface area contributed by atoms with Gasteiger partial charge in [0.1, 0.15) is 18.0 Å². The summed E-state index contributed by atoms with van der Waals surface area (Å²) < 4.78 is 9.17. The van der Waals surface area contributed by atoms with E-state index in [9.17, 15) is 14.7 Å². The summed E-state index contributed by atoms with van der Waals surface area (Å²) in [6.07, 6.45) is 3.26. The van der Waals surface area contributed by atoms with Gasteiger partial charge in [0.2, 0.25) is 5.91 Å². The van der Waals surface area contributed by atoms with Crippen LogP contribution in [-0.4, -0.2) is 43.6 Å². The van der Waals surface area contributed by atoms with Crippen LogP contribution >= 0.6 is 0 Å². The average molecular weight is 576 g/mol. The van der Waals surface area contributed by atoms with Gasteiger partial charge in [0, 0.05) is 23.6 Å². The monoisotopic (exact) mass is 575 g/mol. The van der Waals surface area contributed by atoms with Crippen molar-refractivity contribution in [1.82, 2.24) is 19.6 Å². The van der Waals surface area contributed by atoms with Crippen LogP contribution in [0.3, 0.4) is 0 Å². The highest BCUT2D eigenvalue weighted by atomic mass is 16.5. The molecule has 1 aliphatic rings. The summed E-state index contributed by atoms with van der Waals surface area (Å²) in [5.41, 5.74) is 9.86. The second kappa shape index (κ2) is 12.1. The van der Waals surface area contributed by atoms with Crippen molar-refractivity contribution in [2.45, 2.75) is 45.6 Å². The third kappa shape index (κ3) is 5.72. The molecule has 9 nitrogen and oxygen atoms in total. The molecule has 5 aromatic rings. The van der Waals surface area contributed by atoms with Crippen LogP contribution in [-0.2, 0) is 17.6 Å². The van der Waals surface area contributed by atoms with Crippen molar-refractivity contribution in [1.29, 1.82) is 0 Å². The maximum absolute atomic E-state index is 14.3. The molecule has 0 saturated heterocycles. The summed E-state index contributed by atoms with van der Waals surface area (Å²) in [4.78, 5) is 26.4. The van der Waals surface area contributed by atoms with Gasteiger partial charge in [-0.25, -0.2) is 9.94 Å². The fourth-order valence-electron chi connectivity index (χ4n) is 5.52. The van der Waals surface area contributed by atoms with Gasteiger partial charge in [-0.15, -0.1) is 0 Å². The lowest BCUT2D eigenvalue weighted by Gasteiger charge is -2.18. The Kier molecular flexibility index (Phi) is 7.89. The number of benzene rings is 3. The van der Waals surface area contributed by atoms with E-state index in [0.29, 0.717) is 41.2 Å². The molecule has 0 aliphatic carbocycles. The molecule has 0 bridgehead atoms. The quantitative estimate of drug-likeness (QED) is 0.251. The van der Waals surface area contributed by atoms with E-state index in [1.807, 2.05) is 71.2 Å². The van der Waals surface area contributed by atoms with Gasteiger partial charge in [-0.3, -0.25) is 14.2 Å². The molecule has 1 aliphatic heterocycles. The topological polar surface area (TPSA) is 110 Å². The molecule has 43 heavy (non-hydrogen) atoms. The first-order chi connectivity index (χ1) is 20.9. The molecule has 1 atom stereocenters. The number of hydrogen-bond donors (Lipinski definition) is 2. The number of rotatable bonds is 10. The van der Waals surface area contributed by atoms with Crippen molar-refractivity contribution in [2.75, 3.05) is 6.61 Å². The van der Waals surface area contributed by atoms with Gasteiger partial charge in [0.15, 0.2) is 0 Å². The van der Waals surface area contributed by atoms with Crippen LogP contribution in [0, 0.1) is 0 Å². The first-order valence-corrected chi connectivity index (χ1v) is 14.5. The van der Waals surface area contributed by atoms with Crippen molar-refractivity contribution in [3.8, 4) is 22.6 Å². The predicted molar refractivity (Wildman–Crippen MR) is 166 cm³/mol. The predicted octanol–water partition coefficient (Wildman–Crippen LogP) is 4.68. The molecule has 6 rings (SSSR count). The number of carbonyl (C=O) groups is 1. The Balaban J connectivity index is 1.46. The van der Waals surface area contributed by atoms with Crippen molar-refractivity contribution in [3.05, 3.63) is 118 Å². The van der Waals surface area contributed by atoms with E-state index in [2.05, 4.69) is 22.5 Å². The van der Waals surface area contributed by atoms with Crippen molar-refractivity contribution >= 4 is 17.3 Å². The van der Waals surface area contributed by atoms with Crippen LogP contribution in [0.1, 0.15) is 49.1 Å². The highest BCUT2D eigenvalue weighted by Crippen LogP contribution is 2.29. The minimum atomic E-state index is -0.581. The molecule has 2 N–H and O–H groups in total. The highest BCUT2D eigenvalue weighted by Gasteiger charge is 2.22. The van der Waals surface area contributed by atoms with Crippen molar-refractivity contribution < 1.29 is 14.6 Å². The Morgan fingerprint density at radius 1 is 1.00 bits per heavy atom. The number of carbonyl (C=O) groups excluding carboxylic acids is 1. The number of aliphatic hydroxyl groups excluding tert-OH is 1. The maximum Gasteiger partial charge on any atom is 0.262 e. The molecule has 3 heterocycles. The van der Waals surface area contributed by atoms with Gasteiger partial charge in [0.25, 0.3) is 5.56 Å². The molecule has 0 spiro atoms. The lowest BCUT2D eigenvalue weighted by molar-refractivity contribution is -0.119. The molecule has 0 radical (unpaired) electrons. The second-order valence-electron chi connectivity index (χ2n) is 10.8. The summed E-state index contributed by atoms with van der Waals surface area (Å²) in [6, 6.07) is 25.2. The van der Waals surface area contributed by atoms with Crippen molar-refractivity contribution in [2.24, 2.45) is 5.10 Å². The third-order valence-corrected chi connectivity index (χ3v) is 7.49. The molecule has 0 saturated carbocycles. The molecule has 1 unspecified atom stereocenters. The Morgan fingerprint density at radius 2 is 1.79 bits per heavy atom. The fraction of sp³-hybridized carbons (Fsp3) is 0.235. The zero-order valence-corrected chi connectivity index (χ0v) is 24.2. The Labute approximate surface area is 249 Å². The summed E-state index contributed by atoms with van der Waals surface area (Å²) in [5.74, 6) is 0.470. The Morgan fingerprint density at radius 3 is 2.49 bits per heavy atom. The van der Waals surface area contributed by atoms with Gasteiger partial charge in [0.05, 0.1) is 35.8 Å². The lowest BCUT2D eigenvalue weighted by atomic mass is 9.91. The lowest BCUT2D eigenvalue weighted by Crippen LogP contribution is -2.28. The number of aliphatic hydroxyl groups is 1. The minimum absolute atomic E-state index is 0.113. The van der Waals surface area contributed by atoms with Crippen LogP contribution in [0.2, 0.25) is 0 Å². The zero-order valence-electron chi connectivity index (χ0n) is 24.2. The van der Waals surface area contributed by atoms with E-state index >= 15 is 0 Å². The molecule has 3 aromatic carbocycles. The van der Waals surface area contributed by atoms with E-state index in [-0.39, 0.29) is 24.5 Å². The number of nitrogens with zero attached hydrogens (tertiary/aromatic N) is 4. The SMILES string of the molecule is CCCc1c(Cc2ccc(-c3ccccc3)c(C3=NNC(=O)C3)c2)c(=O)n(-c2ccc(OCC(C)O)cc2)c2ccnn12. The number of fused-ring (bicyclic) bond motifs is 1. The minimum Gasteiger partial charge on any atom is -0.491 e. The number of hydrogen-bond acceptors (Lipinski definition) is 6. The van der Waals surface area contributed by atoms with Crippen LogP contribution in [0.25, 0.3) is 22.5 Å². The van der Waals surface area contributed by atoms with Crippen LogP contribution in [0.5, 0.6) is 5.75 Å². The number of nitrogens with one attached hydrogen (secondary N) is 1. The number of aromatic nitrogens is 3. The smallest absolute Gasteiger partial charge is 0.262 e. The number of hydrazone groups is 1. The van der Waals surface area contributed by atoms with Crippen LogP contribution < -0.4 is 15.7 Å². The highest BCUT2D eigenvalue weighted by molar-refractivity contribution is 6.16. The van der Waals surface area contributed by atoms with E-state index < -0.39 is 6.10 Å². The summed E-state index contributed by atoms with van der Waals surface area (Å²) in [5, 5.41) is 18.5. The number of ether oxygens (including phenoxy) is 1. The first-order valence-electron chi connectivity index (χ1n) is 14.5. The fourth-order valence-corrected chi connectivity index (χ4v) is 5.52. The summed E-state index contributed by atoms with van der Waals surface area (Å²) >= 11 is 0. The van der Waals surface area contributed by atoms with Gasteiger partial charge in [-0.05, 0) is 60.4 Å². The van der Waals surface area contributed by atoms with Gasteiger partial charge in [-0.2, -0.15) is 10.2 Å². The largest absolute Gasteiger partial charge is 0.491 e. The van der Waals surface area contributed by atoms with E-state index in [4.69, 9.17) is 4.74 Å². The molecular weight excluding hydrogens is 542 g/mol. The van der Waals surface area contributed by atoms with E-state index in [0.717, 1.165) is 34.4 Å². The third-order valence-electron chi connectivity index (χ3n) is 7.49. The standard InChI is InChI=1S/C34H33N5O4/c1-3-7-31-29(19-23-10-15-27(24-8-5-4-6-9-24)28(18-23)30-20-32(41)37-36-30)34(42)38(33-16-17-35-39(31)33)25-11-13-26(14-12-25)43-21-22(2)40/h4-6,8-18,22,40H,3,7,19-21H2,1-2H3,(H,37,41). The average Bonchev–Trinajstić information content (AvgIpc) is 3.68. The molecule has 218 valence electrons. The molecular formula is C34H33N5O4. The van der Waals surface area contributed by atoms with Gasteiger partial charge < -0.3 is 9.84 Å². The van der Waals surface area contributed by atoms with Crippen LogP contribution in [0.4, 0.5) is 0 Å². The number of aryl methyl sites for hydroxylation is 1. The second-order valence-corrected chi connectivity index (χ2v) is 10.8.